The first-order chi connectivity index (χ1) is 17.0. The molecule has 3 aromatic rings. The second kappa shape index (κ2) is 10.1. The standard InChI is InChI=1S/C27H24N2O6/c1-4-33-22-11-8-16(13-24(22)32-3)25-20-10-9-19(14-23(20)35-26(29)21(25)15-28)34-27(30)17-6-5-7-18(12-17)31-2/h5-14,25H,4,29H2,1-3H3. The van der Waals surface area contributed by atoms with E-state index in [1.165, 1.54) is 7.11 Å². The quantitative estimate of drug-likeness (QED) is 0.394. The van der Waals surface area contributed by atoms with Gasteiger partial charge in [-0.05, 0) is 48.9 Å². The predicted octanol–water partition coefficient (Wildman–Crippen LogP) is 4.54. The van der Waals surface area contributed by atoms with Crippen LogP contribution in [0.15, 0.2) is 72.1 Å². The van der Waals surface area contributed by atoms with Crippen molar-refractivity contribution in [3.05, 3.63) is 88.8 Å². The Hall–Kier alpha value is -4.64. The third kappa shape index (κ3) is 4.70. The minimum atomic E-state index is -0.548. The first kappa shape index (κ1) is 23.5. The van der Waals surface area contributed by atoms with Crippen molar-refractivity contribution in [2.24, 2.45) is 5.73 Å². The minimum absolute atomic E-state index is 0.0193. The molecule has 3 aromatic carbocycles. The summed E-state index contributed by atoms with van der Waals surface area (Å²) < 4.78 is 27.5. The topological polar surface area (TPSA) is 113 Å². The number of ether oxygens (including phenoxy) is 5. The van der Waals surface area contributed by atoms with Crippen molar-refractivity contribution in [1.82, 2.24) is 0 Å². The lowest BCUT2D eigenvalue weighted by atomic mass is 9.83. The third-order valence-electron chi connectivity index (χ3n) is 5.53. The van der Waals surface area contributed by atoms with Crippen LogP contribution in [-0.2, 0) is 0 Å². The molecule has 0 radical (unpaired) electrons. The first-order valence-electron chi connectivity index (χ1n) is 10.9. The van der Waals surface area contributed by atoms with E-state index in [2.05, 4.69) is 6.07 Å². The molecular formula is C27H24N2O6. The fourth-order valence-electron chi connectivity index (χ4n) is 3.90. The molecule has 0 bridgehead atoms. The zero-order chi connectivity index (χ0) is 24.9. The number of rotatable bonds is 7. The van der Waals surface area contributed by atoms with Crippen LogP contribution in [0.5, 0.6) is 28.7 Å². The van der Waals surface area contributed by atoms with E-state index in [-0.39, 0.29) is 17.2 Å². The zero-order valence-corrected chi connectivity index (χ0v) is 19.5. The van der Waals surface area contributed by atoms with Crippen molar-refractivity contribution in [3.8, 4) is 34.8 Å². The van der Waals surface area contributed by atoms with Crippen molar-refractivity contribution in [2.75, 3.05) is 20.8 Å². The molecule has 8 nitrogen and oxygen atoms in total. The van der Waals surface area contributed by atoms with Crippen molar-refractivity contribution in [3.63, 3.8) is 0 Å². The molecule has 2 N–H and O–H groups in total. The summed E-state index contributed by atoms with van der Waals surface area (Å²) in [6.07, 6.45) is 0. The van der Waals surface area contributed by atoms with Gasteiger partial charge >= 0.3 is 5.97 Å². The number of nitrogens with two attached hydrogens (primary N) is 1. The average Bonchev–Trinajstić information content (AvgIpc) is 2.88. The number of fused-ring (bicyclic) bond motifs is 1. The van der Waals surface area contributed by atoms with E-state index in [0.29, 0.717) is 40.7 Å². The van der Waals surface area contributed by atoms with E-state index >= 15 is 0 Å². The maximum atomic E-state index is 12.6. The maximum Gasteiger partial charge on any atom is 0.343 e. The van der Waals surface area contributed by atoms with Gasteiger partial charge in [-0.15, -0.1) is 0 Å². The van der Waals surface area contributed by atoms with Gasteiger partial charge in [-0.3, -0.25) is 0 Å². The summed E-state index contributed by atoms with van der Waals surface area (Å²) in [6.45, 7) is 2.38. The van der Waals surface area contributed by atoms with E-state index in [0.717, 1.165) is 5.56 Å². The van der Waals surface area contributed by atoms with Gasteiger partial charge < -0.3 is 29.4 Å². The summed E-state index contributed by atoms with van der Waals surface area (Å²) in [4.78, 5) is 12.6. The third-order valence-corrected chi connectivity index (χ3v) is 5.53. The van der Waals surface area contributed by atoms with Crippen molar-refractivity contribution < 1.29 is 28.5 Å². The van der Waals surface area contributed by atoms with Gasteiger partial charge in [0.05, 0.1) is 32.3 Å². The van der Waals surface area contributed by atoms with Crippen LogP contribution in [0.2, 0.25) is 0 Å². The molecule has 1 heterocycles. The molecule has 8 heteroatoms. The Labute approximate surface area is 203 Å². The summed E-state index contributed by atoms with van der Waals surface area (Å²) >= 11 is 0. The number of benzene rings is 3. The Bertz CT molecular complexity index is 1340. The normalized spacial score (nSPS) is 14.3. The summed E-state index contributed by atoms with van der Waals surface area (Å²) in [6, 6.07) is 19.3. The van der Waals surface area contributed by atoms with Gasteiger partial charge in [-0.2, -0.15) is 5.26 Å². The lowest BCUT2D eigenvalue weighted by Gasteiger charge is -2.27. The highest BCUT2D eigenvalue weighted by molar-refractivity contribution is 5.91. The molecule has 1 atom stereocenters. The van der Waals surface area contributed by atoms with Gasteiger partial charge in [0.25, 0.3) is 0 Å². The fraction of sp³-hybridized carbons (Fsp3) is 0.185. The molecule has 0 aromatic heterocycles. The second-order valence-electron chi connectivity index (χ2n) is 7.59. The van der Waals surface area contributed by atoms with Gasteiger partial charge in [-0.1, -0.05) is 18.2 Å². The van der Waals surface area contributed by atoms with E-state index < -0.39 is 11.9 Å². The fourth-order valence-corrected chi connectivity index (χ4v) is 3.90. The average molecular weight is 472 g/mol. The van der Waals surface area contributed by atoms with E-state index in [4.69, 9.17) is 29.4 Å². The van der Waals surface area contributed by atoms with Crippen LogP contribution in [0, 0.1) is 11.3 Å². The number of hydrogen-bond acceptors (Lipinski definition) is 8. The van der Waals surface area contributed by atoms with Gasteiger partial charge in [0.15, 0.2) is 11.5 Å². The molecule has 35 heavy (non-hydrogen) atoms. The summed E-state index contributed by atoms with van der Waals surface area (Å²) in [5.74, 6) is 1.27. The van der Waals surface area contributed by atoms with Crippen molar-refractivity contribution >= 4 is 5.97 Å². The van der Waals surface area contributed by atoms with Gasteiger partial charge in [0.1, 0.15) is 28.9 Å². The van der Waals surface area contributed by atoms with Crippen LogP contribution in [0.1, 0.15) is 34.3 Å². The lowest BCUT2D eigenvalue weighted by Crippen LogP contribution is -2.21. The number of hydrogen-bond donors (Lipinski definition) is 1. The van der Waals surface area contributed by atoms with Crippen LogP contribution >= 0.6 is 0 Å². The smallest absolute Gasteiger partial charge is 0.343 e. The largest absolute Gasteiger partial charge is 0.497 e. The van der Waals surface area contributed by atoms with E-state index in [1.54, 1.807) is 55.6 Å². The SMILES string of the molecule is CCOc1ccc(C2C(C#N)=C(N)Oc3cc(OC(=O)c4cccc(OC)c4)ccc32)cc1OC. The van der Waals surface area contributed by atoms with Crippen LogP contribution in [0.25, 0.3) is 0 Å². The Morgan fingerprint density at radius 1 is 1.03 bits per heavy atom. The van der Waals surface area contributed by atoms with Gasteiger partial charge in [-0.25, -0.2) is 4.79 Å². The highest BCUT2D eigenvalue weighted by Gasteiger charge is 2.31. The molecule has 1 aliphatic rings. The zero-order valence-electron chi connectivity index (χ0n) is 19.5. The lowest BCUT2D eigenvalue weighted by molar-refractivity contribution is 0.0734. The van der Waals surface area contributed by atoms with Crippen molar-refractivity contribution in [1.29, 1.82) is 5.26 Å². The summed E-state index contributed by atoms with van der Waals surface area (Å²) in [7, 11) is 3.08. The Morgan fingerprint density at radius 3 is 2.57 bits per heavy atom. The second-order valence-corrected chi connectivity index (χ2v) is 7.59. The number of methoxy groups -OCH3 is 2. The van der Waals surface area contributed by atoms with Gasteiger partial charge in [0.2, 0.25) is 5.88 Å². The molecule has 1 aliphatic heterocycles. The van der Waals surface area contributed by atoms with Crippen LogP contribution in [-0.4, -0.2) is 26.8 Å². The summed E-state index contributed by atoms with van der Waals surface area (Å²) in [5.41, 5.74) is 8.19. The number of nitriles is 1. The number of carbonyl (C=O) groups is 1. The first-order valence-corrected chi connectivity index (χ1v) is 10.9. The molecule has 4 rings (SSSR count). The Balaban J connectivity index is 1.69. The predicted molar refractivity (Wildman–Crippen MR) is 128 cm³/mol. The highest BCUT2D eigenvalue weighted by atomic mass is 16.5. The number of nitrogens with zero attached hydrogens (tertiary/aromatic N) is 1. The molecule has 0 fully saturated rings. The van der Waals surface area contributed by atoms with Gasteiger partial charge in [0, 0.05) is 11.6 Å². The molecule has 0 amide bonds. The molecule has 0 aliphatic carbocycles. The van der Waals surface area contributed by atoms with Crippen molar-refractivity contribution in [2.45, 2.75) is 12.8 Å². The van der Waals surface area contributed by atoms with E-state index in [1.807, 2.05) is 19.1 Å². The Morgan fingerprint density at radius 2 is 1.86 bits per heavy atom. The monoisotopic (exact) mass is 472 g/mol. The molecular weight excluding hydrogens is 448 g/mol. The maximum absolute atomic E-state index is 12.6. The van der Waals surface area contributed by atoms with Crippen LogP contribution < -0.4 is 29.4 Å². The molecule has 0 spiro atoms. The molecule has 178 valence electrons. The number of allylic oxidation sites excluding steroid dienone is 1. The van der Waals surface area contributed by atoms with Crippen LogP contribution in [0.4, 0.5) is 0 Å². The Kier molecular flexibility index (Phi) is 6.78. The summed E-state index contributed by atoms with van der Waals surface area (Å²) in [5, 5.41) is 9.82. The van der Waals surface area contributed by atoms with E-state index in [9.17, 15) is 10.1 Å². The van der Waals surface area contributed by atoms with Crippen LogP contribution in [0.3, 0.4) is 0 Å². The molecule has 0 saturated carbocycles. The highest BCUT2D eigenvalue weighted by Crippen LogP contribution is 2.45. The molecule has 0 saturated heterocycles. The minimum Gasteiger partial charge on any atom is -0.497 e. The number of carbonyl (C=O) groups excluding carboxylic acids is 1. The molecule has 1 unspecified atom stereocenters. The number of esters is 1.